The Balaban J connectivity index is 2.43. The SMILES string of the molecule is CCC(CC)C(Cl)CNC(=O)c1csc(Br)c1. The number of amides is 1. The van der Waals surface area contributed by atoms with Gasteiger partial charge in [-0.1, -0.05) is 26.7 Å². The molecule has 1 heterocycles. The van der Waals surface area contributed by atoms with Crippen molar-refractivity contribution >= 4 is 44.8 Å². The van der Waals surface area contributed by atoms with Crippen molar-refractivity contribution in [2.45, 2.75) is 32.1 Å². The second kappa shape index (κ2) is 7.39. The lowest BCUT2D eigenvalue weighted by molar-refractivity contribution is 0.0952. The van der Waals surface area contributed by atoms with Crippen molar-refractivity contribution < 1.29 is 4.79 Å². The van der Waals surface area contributed by atoms with Gasteiger partial charge in [-0.3, -0.25) is 4.79 Å². The molecule has 1 unspecified atom stereocenters. The maximum Gasteiger partial charge on any atom is 0.252 e. The number of rotatable bonds is 6. The molecule has 0 aromatic carbocycles. The van der Waals surface area contributed by atoms with Crippen LogP contribution in [0.25, 0.3) is 0 Å². The van der Waals surface area contributed by atoms with Crippen molar-refractivity contribution in [3.05, 3.63) is 20.8 Å². The van der Waals surface area contributed by atoms with Gasteiger partial charge >= 0.3 is 0 Å². The molecule has 2 nitrogen and oxygen atoms in total. The fourth-order valence-corrected chi connectivity index (χ4v) is 3.26. The summed E-state index contributed by atoms with van der Waals surface area (Å²) in [5.74, 6) is 0.412. The lowest BCUT2D eigenvalue weighted by Gasteiger charge is -2.19. The van der Waals surface area contributed by atoms with E-state index in [0.29, 0.717) is 18.0 Å². The van der Waals surface area contributed by atoms with Crippen LogP contribution in [0.4, 0.5) is 0 Å². The van der Waals surface area contributed by atoms with Crippen LogP contribution in [0.5, 0.6) is 0 Å². The van der Waals surface area contributed by atoms with Crippen molar-refractivity contribution in [2.75, 3.05) is 6.54 Å². The fraction of sp³-hybridized carbons (Fsp3) is 0.583. The number of carbonyl (C=O) groups is 1. The molecule has 1 aromatic rings. The van der Waals surface area contributed by atoms with Crippen LogP contribution in [0.1, 0.15) is 37.0 Å². The molecule has 0 radical (unpaired) electrons. The van der Waals surface area contributed by atoms with Gasteiger partial charge in [0.15, 0.2) is 0 Å². The third kappa shape index (κ3) is 4.60. The predicted octanol–water partition coefficient (Wildman–Crippen LogP) is 4.28. The van der Waals surface area contributed by atoms with E-state index in [2.05, 4.69) is 35.1 Å². The van der Waals surface area contributed by atoms with E-state index in [1.165, 1.54) is 11.3 Å². The Morgan fingerprint density at radius 1 is 1.53 bits per heavy atom. The maximum atomic E-state index is 11.8. The van der Waals surface area contributed by atoms with Crippen molar-refractivity contribution in [3.8, 4) is 0 Å². The minimum Gasteiger partial charge on any atom is -0.351 e. The minimum absolute atomic E-state index is 0.0102. The van der Waals surface area contributed by atoms with Gasteiger partial charge in [0, 0.05) is 11.9 Å². The van der Waals surface area contributed by atoms with Crippen LogP contribution >= 0.6 is 38.9 Å². The molecule has 0 aliphatic carbocycles. The normalized spacial score (nSPS) is 12.8. The number of alkyl halides is 1. The van der Waals surface area contributed by atoms with Gasteiger partial charge in [0.25, 0.3) is 5.91 Å². The Morgan fingerprint density at radius 3 is 2.65 bits per heavy atom. The highest BCUT2D eigenvalue weighted by Crippen LogP contribution is 2.21. The molecule has 1 aromatic heterocycles. The first-order valence-corrected chi connectivity index (χ1v) is 7.85. The van der Waals surface area contributed by atoms with Crippen LogP contribution in [0.2, 0.25) is 0 Å². The third-order valence-electron chi connectivity index (χ3n) is 2.85. The first kappa shape index (κ1) is 15.0. The molecule has 1 atom stereocenters. The number of hydrogen-bond acceptors (Lipinski definition) is 2. The van der Waals surface area contributed by atoms with Crippen LogP contribution in [-0.2, 0) is 0 Å². The lowest BCUT2D eigenvalue weighted by atomic mass is 9.99. The zero-order chi connectivity index (χ0) is 12.8. The summed E-state index contributed by atoms with van der Waals surface area (Å²) in [5, 5.41) is 4.72. The van der Waals surface area contributed by atoms with Crippen molar-refractivity contribution in [2.24, 2.45) is 5.92 Å². The highest BCUT2D eigenvalue weighted by atomic mass is 79.9. The smallest absolute Gasteiger partial charge is 0.252 e. The van der Waals surface area contributed by atoms with Crippen LogP contribution in [-0.4, -0.2) is 17.8 Å². The van der Waals surface area contributed by atoms with E-state index in [4.69, 9.17) is 11.6 Å². The molecule has 0 spiro atoms. The largest absolute Gasteiger partial charge is 0.351 e. The van der Waals surface area contributed by atoms with Gasteiger partial charge in [0.05, 0.1) is 14.7 Å². The topological polar surface area (TPSA) is 29.1 Å². The second-order valence-electron chi connectivity index (χ2n) is 3.94. The molecule has 1 amide bonds. The Morgan fingerprint density at radius 2 is 2.18 bits per heavy atom. The summed E-state index contributed by atoms with van der Waals surface area (Å²) in [5.41, 5.74) is 0.690. The van der Waals surface area contributed by atoms with E-state index in [0.717, 1.165) is 16.6 Å². The van der Waals surface area contributed by atoms with E-state index in [1.807, 2.05) is 11.4 Å². The number of halogens is 2. The molecule has 0 saturated carbocycles. The zero-order valence-corrected chi connectivity index (χ0v) is 13.2. The number of thiophene rings is 1. The molecule has 1 rings (SSSR count). The minimum atomic E-state index is -0.0523. The summed E-state index contributed by atoms with van der Waals surface area (Å²) in [6, 6.07) is 1.82. The van der Waals surface area contributed by atoms with Gasteiger partial charge in [0.1, 0.15) is 0 Å². The van der Waals surface area contributed by atoms with Crippen molar-refractivity contribution in [1.82, 2.24) is 5.32 Å². The lowest BCUT2D eigenvalue weighted by Crippen LogP contribution is -2.32. The Hall–Kier alpha value is -0.0600. The number of hydrogen-bond donors (Lipinski definition) is 1. The molecule has 1 N–H and O–H groups in total. The van der Waals surface area contributed by atoms with Gasteiger partial charge in [-0.15, -0.1) is 22.9 Å². The number of carbonyl (C=O) groups excluding carboxylic acids is 1. The van der Waals surface area contributed by atoms with Gasteiger partial charge < -0.3 is 5.32 Å². The van der Waals surface area contributed by atoms with Gasteiger partial charge in [-0.05, 0) is 27.9 Å². The molecule has 0 aliphatic rings. The van der Waals surface area contributed by atoms with Crippen molar-refractivity contribution in [3.63, 3.8) is 0 Å². The highest BCUT2D eigenvalue weighted by molar-refractivity contribution is 9.11. The third-order valence-corrected chi connectivity index (χ3v) is 4.86. The molecule has 0 fully saturated rings. The van der Waals surface area contributed by atoms with Crippen LogP contribution in [0.15, 0.2) is 15.2 Å². The van der Waals surface area contributed by atoms with E-state index < -0.39 is 0 Å². The molecule has 0 aliphatic heterocycles. The highest BCUT2D eigenvalue weighted by Gasteiger charge is 2.17. The standard InChI is InChI=1S/C12H17BrClNOS/c1-3-8(4-2)10(14)6-15-12(16)9-5-11(13)17-7-9/h5,7-8,10H,3-4,6H2,1-2H3,(H,15,16). The quantitative estimate of drug-likeness (QED) is 0.771. The summed E-state index contributed by atoms with van der Waals surface area (Å²) in [6.07, 6.45) is 2.09. The van der Waals surface area contributed by atoms with Gasteiger partial charge in [-0.25, -0.2) is 0 Å². The van der Waals surface area contributed by atoms with Gasteiger partial charge in [0.2, 0.25) is 0 Å². The average molecular weight is 339 g/mol. The Kier molecular flexibility index (Phi) is 6.52. The van der Waals surface area contributed by atoms with Crippen molar-refractivity contribution in [1.29, 1.82) is 0 Å². The van der Waals surface area contributed by atoms with E-state index in [1.54, 1.807) is 0 Å². The molecule has 0 bridgehead atoms. The summed E-state index contributed by atoms with van der Waals surface area (Å²) in [4.78, 5) is 11.8. The van der Waals surface area contributed by atoms with Crippen LogP contribution in [0, 0.1) is 5.92 Å². The predicted molar refractivity (Wildman–Crippen MR) is 78.1 cm³/mol. The fourth-order valence-electron chi connectivity index (χ4n) is 1.69. The summed E-state index contributed by atoms with van der Waals surface area (Å²) in [6.45, 7) is 4.78. The molecular formula is C12H17BrClNOS. The molecule has 96 valence electrons. The summed E-state index contributed by atoms with van der Waals surface area (Å²) >= 11 is 11.1. The molecule has 17 heavy (non-hydrogen) atoms. The summed E-state index contributed by atoms with van der Waals surface area (Å²) < 4.78 is 0.963. The van der Waals surface area contributed by atoms with Crippen LogP contribution < -0.4 is 5.32 Å². The van der Waals surface area contributed by atoms with E-state index in [-0.39, 0.29) is 11.3 Å². The van der Waals surface area contributed by atoms with Crippen LogP contribution in [0.3, 0.4) is 0 Å². The Bertz CT molecular complexity index is 365. The monoisotopic (exact) mass is 337 g/mol. The molecule has 0 saturated heterocycles. The molecule has 5 heteroatoms. The number of nitrogens with one attached hydrogen (secondary N) is 1. The van der Waals surface area contributed by atoms with E-state index >= 15 is 0 Å². The first-order chi connectivity index (χ1) is 8.08. The second-order valence-corrected chi connectivity index (χ2v) is 6.79. The van der Waals surface area contributed by atoms with Gasteiger partial charge in [-0.2, -0.15) is 0 Å². The van der Waals surface area contributed by atoms with E-state index in [9.17, 15) is 4.79 Å². The zero-order valence-electron chi connectivity index (χ0n) is 10.0. The maximum absolute atomic E-state index is 11.8. The Labute approximate surface area is 120 Å². The molecular weight excluding hydrogens is 322 g/mol. The first-order valence-electron chi connectivity index (χ1n) is 5.74. The average Bonchev–Trinajstić information content (AvgIpc) is 2.74. The summed E-state index contributed by atoms with van der Waals surface area (Å²) in [7, 11) is 0.